The number of rotatable bonds is 2. The number of fused-ring (bicyclic) bond motifs is 13. The largest absolute Gasteiger partial charge is 0.455 e. The van der Waals surface area contributed by atoms with Gasteiger partial charge in [0.2, 0.25) is 0 Å². The van der Waals surface area contributed by atoms with Gasteiger partial charge < -0.3 is 4.42 Å². The van der Waals surface area contributed by atoms with Gasteiger partial charge in [0.15, 0.2) is 0 Å². The van der Waals surface area contributed by atoms with E-state index in [4.69, 9.17) is 16.0 Å². The van der Waals surface area contributed by atoms with Crippen molar-refractivity contribution in [1.82, 2.24) is 0 Å². The Morgan fingerprint density at radius 1 is 0.422 bits per heavy atom. The van der Waals surface area contributed by atoms with E-state index in [9.17, 15) is 0 Å². The highest BCUT2D eigenvalue weighted by molar-refractivity contribution is 6.31. The summed E-state index contributed by atoms with van der Waals surface area (Å²) >= 11 is 6.77. The summed E-state index contributed by atoms with van der Waals surface area (Å²) in [5.74, 6) is 0. The standard InChI is InChI=1S/C43H25ClO/c44-28-23-24-35-39(25-28)43(36-15-4-1-9-31(36)32-10-2-5-16-37(32)43)38-17-8-12-29(41(35)38)26-19-21-27(22-20-26)30-13-7-14-34-33-11-3-6-18-40(33)45-42(30)34/h1-25H. The molecule has 0 bridgehead atoms. The summed E-state index contributed by atoms with van der Waals surface area (Å²) < 4.78 is 6.36. The second kappa shape index (κ2) is 9.08. The zero-order chi connectivity index (χ0) is 29.7. The molecular formula is C43H25ClO. The van der Waals surface area contributed by atoms with Crippen molar-refractivity contribution in [2.45, 2.75) is 5.41 Å². The summed E-state index contributed by atoms with van der Waals surface area (Å²) in [6.07, 6.45) is 0. The minimum absolute atomic E-state index is 0.421. The van der Waals surface area contributed by atoms with Gasteiger partial charge in [0.25, 0.3) is 0 Å². The predicted octanol–water partition coefficient (Wildman–Crippen LogP) is 11.9. The molecule has 0 aliphatic heterocycles. The molecule has 10 rings (SSSR count). The quantitative estimate of drug-likeness (QED) is 0.194. The number of para-hydroxylation sites is 2. The molecular weight excluding hydrogens is 568 g/mol. The van der Waals surface area contributed by atoms with E-state index in [1.54, 1.807) is 0 Å². The zero-order valence-electron chi connectivity index (χ0n) is 24.2. The molecule has 1 aromatic heterocycles. The zero-order valence-corrected chi connectivity index (χ0v) is 25.0. The molecule has 0 radical (unpaired) electrons. The van der Waals surface area contributed by atoms with E-state index in [0.29, 0.717) is 0 Å². The molecule has 1 spiro atoms. The number of hydrogen-bond acceptors (Lipinski definition) is 1. The highest BCUT2D eigenvalue weighted by atomic mass is 35.5. The van der Waals surface area contributed by atoms with Crippen LogP contribution in [0.3, 0.4) is 0 Å². The third kappa shape index (κ3) is 3.23. The van der Waals surface area contributed by atoms with Gasteiger partial charge in [-0.3, -0.25) is 0 Å². The van der Waals surface area contributed by atoms with E-state index >= 15 is 0 Å². The number of benzene rings is 7. The molecule has 1 nitrogen and oxygen atoms in total. The lowest BCUT2D eigenvalue weighted by Gasteiger charge is -2.30. The number of furan rings is 1. The summed E-state index contributed by atoms with van der Waals surface area (Å²) in [7, 11) is 0. The van der Waals surface area contributed by atoms with E-state index in [1.807, 2.05) is 18.2 Å². The molecule has 0 fully saturated rings. The van der Waals surface area contributed by atoms with Crippen LogP contribution in [0, 0.1) is 0 Å². The molecule has 0 saturated heterocycles. The Morgan fingerprint density at radius 3 is 1.78 bits per heavy atom. The molecule has 2 heteroatoms. The van der Waals surface area contributed by atoms with E-state index in [0.717, 1.165) is 38.1 Å². The molecule has 0 amide bonds. The first-order valence-electron chi connectivity index (χ1n) is 15.4. The van der Waals surface area contributed by atoms with Gasteiger partial charge in [-0.15, -0.1) is 0 Å². The highest BCUT2D eigenvalue weighted by Crippen LogP contribution is 2.64. The number of hydrogen-bond donors (Lipinski definition) is 0. The lowest BCUT2D eigenvalue weighted by atomic mass is 9.70. The van der Waals surface area contributed by atoms with Crippen LogP contribution < -0.4 is 0 Å². The van der Waals surface area contributed by atoms with Crippen molar-refractivity contribution in [3.63, 3.8) is 0 Å². The first-order chi connectivity index (χ1) is 22.2. The van der Waals surface area contributed by atoms with Crippen LogP contribution in [0.15, 0.2) is 156 Å². The van der Waals surface area contributed by atoms with Gasteiger partial charge >= 0.3 is 0 Å². The summed E-state index contributed by atoms with van der Waals surface area (Å²) in [5, 5.41) is 3.05. The molecule has 0 N–H and O–H groups in total. The molecule has 7 aromatic carbocycles. The van der Waals surface area contributed by atoms with Crippen LogP contribution in [0.25, 0.3) is 66.4 Å². The third-order valence-corrected chi connectivity index (χ3v) is 10.2. The van der Waals surface area contributed by atoms with Crippen molar-refractivity contribution in [3.05, 3.63) is 179 Å². The maximum atomic E-state index is 6.77. The van der Waals surface area contributed by atoms with Crippen molar-refractivity contribution in [1.29, 1.82) is 0 Å². The summed E-state index contributed by atoms with van der Waals surface area (Å²) in [5.41, 5.74) is 16.4. The lowest BCUT2D eigenvalue weighted by molar-refractivity contribution is 0.670. The van der Waals surface area contributed by atoms with Crippen LogP contribution in [0.1, 0.15) is 22.3 Å². The van der Waals surface area contributed by atoms with Crippen molar-refractivity contribution < 1.29 is 4.42 Å². The second-order valence-electron chi connectivity index (χ2n) is 12.1. The Labute approximate surface area is 266 Å². The van der Waals surface area contributed by atoms with Crippen molar-refractivity contribution in [3.8, 4) is 44.5 Å². The average molecular weight is 593 g/mol. The summed E-state index contributed by atoms with van der Waals surface area (Å²) in [6.45, 7) is 0. The first kappa shape index (κ1) is 25.0. The Hall–Kier alpha value is -5.37. The van der Waals surface area contributed by atoms with Gasteiger partial charge in [0.05, 0.1) is 5.41 Å². The Balaban J connectivity index is 1.19. The van der Waals surface area contributed by atoms with Crippen LogP contribution in [0.5, 0.6) is 0 Å². The fourth-order valence-corrected chi connectivity index (χ4v) is 8.38. The maximum absolute atomic E-state index is 6.77. The third-order valence-electron chi connectivity index (χ3n) is 9.99. The molecule has 45 heavy (non-hydrogen) atoms. The van der Waals surface area contributed by atoms with Crippen molar-refractivity contribution >= 4 is 33.5 Å². The van der Waals surface area contributed by atoms with Crippen molar-refractivity contribution in [2.24, 2.45) is 0 Å². The SMILES string of the molecule is Clc1ccc2c(c1)C1(c3ccccc3-c3ccccc31)c1cccc(-c3ccc(-c4cccc5c4oc4ccccc45)cc3)c1-2. The Bertz CT molecular complexity index is 2450. The van der Waals surface area contributed by atoms with E-state index in [1.165, 1.54) is 55.6 Å². The smallest absolute Gasteiger partial charge is 0.143 e. The molecule has 2 aliphatic carbocycles. The summed E-state index contributed by atoms with van der Waals surface area (Å²) in [4.78, 5) is 0. The lowest BCUT2D eigenvalue weighted by Crippen LogP contribution is -2.25. The van der Waals surface area contributed by atoms with Crippen molar-refractivity contribution in [2.75, 3.05) is 0 Å². The predicted molar refractivity (Wildman–Crippen MR) is 186 cm³/mol. The minimum Gasteiger partial charge on any atom is -0.455 e. The molecule has 8 aromatic rings. The van der Waals surface area contributed by atoms with Crippen LogP contribution >= 0.6 is 11.6 Å². The molecule has 1 heterocycles. The van der Waals surface area contributed by atoms with E-state index in [2.05, 4.69) is 133 Å². The minimum atomic E-state index is -0.421. The van der Waals surface area contributed by atoms with Gasteiger partial charge in [0.1, 0.15) is 11.2 Å². The molecule has 0 atom stereocenters. The van der Waals surface area contributed by atoms with Gasteiger partial charge in [-0.1, -0.05) is 145 Å². The Morgan fingerprint density at radius 2 is 1.00 bits per heavy atom. The van der Waals surface area contributed by atoms with E-state index < -0.39 is 5.41 Å². The van der Waals surface area contributed by atoms with Gasteiger partial charge in [0, 0.05) is 21.4 Å². The first-order valence-corrected chi connectivity index (χ1v) is 15.8. The van der Waals surface area contributed by atoms with Crippen LogP contribution in [0.4, 0.5) is 0 Å². The normalized spacial score (nSPS) is 13.6. The molecule has 2 aliphatic rings. The Kier molecular flexibility index (Phi) is 5.04. The van der Waals surface area contributed by atoms with E-state index in [-0.39, 0.29) is 0 Å². The van der Waals surface area contributed by atoms with Crippen LogP contribution in [0.2, 0.25) is 5.02 Å². The van der Waals surface area contributed by atoms with Gasteiger partial charge in [-0.05, 0) is 79.4 Å². The molecule has 0 unspecified atom stereocenters. The summed E-state index contributed by atoms with van der Waals surface area (Å²) in [6, 6.07) is 54.6. The fourth-order valence-electron chi connectivity index (χ4n) is 8.20. The monoisotopic (exact) mass is 592 g/mol. The molecule has 0 saturated carbocycles. The maximum Gasteiger partial charge on any atom is 0.143 e. The topological polar surface area (TPSA) is 13.1 Å². The highest BCUT2D eigenvalue weighted by Gasteiger charge is 2.52. The number of halogens is 1. The second-order valence-corrected chi connectivity index (χ2v) is 12.6. The van der Waals surface area contributed by atoms with Gasteiger partial charge in [-0.2, -0.15) is 0 Å². The van der Waals surface area contributed by atoms with Crippen LogP contribution in [-0.4, -0.2) is 0 Å². The van der Waals surface area contributed by atoms with Crippen LogP contribution in [-0.2, 0) is 5.41 Å². The average Bonchev–Trinajstić information content (AvgIpc) is 3.72. The molecule has 210 valence electrons. The van der Waals surface area contributed by atoms with Gasteiger partial charge in [-0.25, -0.2) is 0 Å². The fraction of sp³-hybridized carbons (Fsp3) is 0.0233.